The first-order valence-corrected chi connectivity index (χ1v) is 3.60. The van der Waals surface area contributed by atoms with Gasteiger partial charge in [0.25, 0.3) is 0 Å². The molecule has 0 aromatic rings. The maximum Gasteiger partial charge on any atom is 0.319 e. The van der Waals surface area contributed by atoms with Crippen molar-refractivity contribution in [3.8, 4) is 0 Å². The van der Waals surface area contributed by atoms with Gasteiger partial charge >= 0.3 is 5.97 Å². The second kappa shape index (κ2) is 6.12. The summed E-state index contributed by atoms with van der Waals surface area (Å²) in [7, 11) is 5.16. The van der Waals surface area contributed by atoms with E-state index in [0.29, 0.717) is 6.54 Å². The molecule has 1 N–H and O–H groups in total. The average molecular weight is 160 g/mol. The summed E-state index contributed by atoms with van der Waals surface area (Å²) in [5.74, 6) is -0.191. The molecule has 0 atom stereocenters. The third kappa shape index (κ3) is 5.82. The Hall–Kier alpha value is -0.610. The van der Waals surface area contributed by atoms with E-state index in [-0.39, 0.29) is 5.97 Å². The Morgan fingerprint density at radius 3 is 2.73 bits per heavy atom. The van der Waals surface area contributed by atoms with E-state index in [1.807, 2.05) is 19.0 Å². The average Bonchev–Trinajstić information content (AvgIpc) is 2.00. The van der Waals surface area contributed by atoms with Crippen molar-refractivity contribution in [2.24, 2.45) is 0 Å². The topological polar surface area (TPSA) is 41.6 Å². The fourth-order valence-electron chi connectivity index (χ4n) is 0.667. The Morgan fingerprint density at radius 2 is 2.27 bits per heavy atom. The first kappa shape index (κ1) is 10.4. The summed E-state index contributed by atoms with van der Waals surface area (Å²) < 4.78 is 4.50. The van der Waals surface area contributed by atoms with Crippen LogP contribution in [0.3, 0.4) is 0 Å². The molecule has 0 amide bonds. The van der Waals surface area contributed by atoms with Gasteiger partial charge in [0, 0.05) is 13.1 Å². The van der Waals surface area contributed by atoms with Crippen LogP contribution in [-0.2, 0) is 9.53 Å². The summed E-state index contributed by atoms with van der Waals surface area (Å²) >= 11 is 0. The molecular weight excluding hydrogens is 144 g/mol. The van der Waals surface area contributed by atoms with Crippen LogP contribution in [0.5, 0.6) is 0 Å². The SMILES string of the molecule is CNCCN(C)CC(=O)OC. The highest BCUT2D eigenvalue weighted by molar-refractivity contribution is 5.71. The number of carbonyl (C=O) groups excluding carboxylic acids is 1. The van der Waals surface area contributed by atoms with E-state index in [9.17, 15) is 4.79 Å². The minimum atomic E-state index is -0.191. The number of methoxy groups -OCH3 is 1. The van der Waals surface area contributed by atoms with Gasteiger partial charge in [-0.05, 0) is 14.1 Å². The standard InChI is InChI=1S/C7H16N2O2/c1-8-4-5-9(2)6-7(10)11-3/h8H,4-6H2,1-3H3. The molecule has 0 heterocycles. The lowest BCUT2D eigenvalue weighted by atomic mass is 10.5. The fourth-order valence-corrected chi connectivity index (χ4v) is 0.667. The third-order valence-corrected chi connectivity index (χ3v) is 1.37. The van der Waals surface area contributed by atoms with Gasteiger partial charge in [-0.3, -0.25) is 9.69 Å². The molecule has 0 aromatic carbocycles. The van der Waals surface area contributed by atoms with Crippen LogP contribution in [0, 0.1) is 0 Å². The van der Waals surface area contributed by atoms with Crippen molar-refractivity contribution in [1.29, 1.82) is 0 Å². The summed E-state index contributed by atoms with van der Waals surface area (Å²) in [6.45, 7) is 2.09. The minimum absolute atomic E-state index is 0.191. The Bertz CT molecular complexity index is 117. The lowest BCUT2D eigenvalue weighted by Crippen LogP contribution is -2.32. The molecule has 0 aliphatic heterocycles. The normalized spacial score (nSPS) is 10.2. The van der Waals surface area contributed by atoms with Gasteiger partial charge in [0.05, 0.1) is 13.7 Å². The first-order chi connectivity index (χ1) is 5.20. The Morgan fingerprint density at radius 1 is 1.64 bits per heavy atom. The molecule has 11 heavy (non-hydrogen) atoms. The minimum Gasteiger partial charge on any atom is -0.468 e. The summed E-state index contributed by atoms with van der Waals surface area (Å²) in [4.78, 5) is 12.6. The maximum absolute atomic E-state index is 10.7. The number of rotatable bonds is 5. The van der Waals surface area contributed by atoms with Crippen molar-refractivity contribution in [3.05, 3.63) is 0 Å². The molecule has 0 bridgehead atoms. The van der Waals surface area contributed by atoms with Crippen LogP contribution in [0.2, 0.25) is 0 Å². The quantitative estimate of drug-likeness (QED) is 0.541. The highest BCUT2D eigenvalue weighted by Crippen LogP contribution is 1.82. The van der Waals surface area contributed by atoms with Crippen LogP contribution < -0.4 is 5.32 Å². The monoisotopic (exact) mass is 160 g/mol. The third-order valence-electron chi connectivity index (χ3n) is 1.37. The molecule has 66 valence electrons. The number of hydrogen-bond donors (Lipinski definition) is 1. The Labute approximate surface area is 67.5 Å². The molecule has 0 unspecified atom stereocenters. The van der Waals surface area contributed by atoms with Crippen LogP contribution in [-0.4, -0.2) is 51.7 Å². The van der Waals surface area contributed by atoms with Crippen molar-refractivity contribution in [3.63, 3.8) is 0 Å². The summed E-state index contributed by atoms with van der Waals surface area (Å²) in [5, 5.41) is 3.00. The van der Waals surface area contributed by atoms with E-state index < -0.39 is 0 Å². The number of carbonyl (C=O) groups is 1. The van der Waals surface area contributed by atoms with Gasteiger partial charge in [-0.1, -0.05) is 0 Å². The zero-order valence-corrected chi connectivity index (χ0v) is 7.39. The molecule has 0 saturated carbocycles. The summed E-state index contributed by atoms with van der Waals surface area (Å²) in [6, 6.07) is 0. The highest BCUT2D eigenvalue weighted by atomic mass is 16.5. The zero-order chi connectivity index (χ0) is 8.69. The van der Waals surface area contributed by atoms with E-state index in [0.717, 1.165) is 13.1 Å². The van der Waals surface area contributed by atoms with E-state index >= 15 is 0 Å². The van der Waals surface area contributed by atoms with Crippen molar-refractivity contribution in [2.45, 2.75) is 0 Å². The predicted molar refractivity (Wildman–Crippen MR) is 43.4 cm³/mol. The molecule has 0 fully saturated rings. The van der Waals surface area contributed by atoms with Crippen LogP contribution in [0.4, 0.5) is 0 Å². The van der Waals surface area contributed by atoms with E-state index in [2.05, 4.69) is 10.1 Å². The molecule has 4 heteroatoms. The van der Waals surface area contributed by atoms with E-state index in [1.54, 1.807) is 0 Å². The lowest BCUT2D eigenvalue weighted by Gasteiger charge is -2.13. The van der Waals surface area contributed by atoms with Gasteiger partial charge in [0.2, 0.25) is 0 Å². The second-order valence-corrected chi connectivity index (χ2v) is 2.42. The number of ether oxygens (including phenoxy) is 1. The molecule has 0 aliphatic carbocycles. The molecule has 0 radical (unpaired) electrons. The summed E-state index contributed by atoms with van der Waals surface area (Å²) in [5.41, 5.74) is 0. The summed E-state index contributed by atoms with van der Waals surface area (Å²) in [6.07, 6.45) is 0. The van der Waals surface area contributed by atoms with Crippen LogP contribution >= 0.6 is 0 Å². The number of hydrogen-bond acceptors (Lipinski definition) is 4. The molecule has 0 rings (SSSR count). The largest absolute Gasteiger partial charge is 0.468 e. The van der Waals surface area contributed by atoms with E-state index in [4.69, 9.17) is 0 Å². The van der Waals surface area contributed by atoms with Gasteiger partial charge in [0.15, 0.2) is 0 Å². The zero-order valence-electron chi connectivity index (χ0n) is 7.39. The molecule has 0 spiro atoms. The second-order valence-electron chi connectivity index (χ2n) is 2.42. The van der Waals surface area contributed by atoms with Crippen molar-refractivity contribution >= 4 is 5.97 Å². The van der Waals surface area contributed by atoms with Gasteiger partial charge in [-0.25, -0.2) is 0 Å². The van der Waals surface area contributed by atoms with Gasteiger partial charge in [-0.15, -0.1) is 0 Å². The Balaban J connectivity index is 3.35. The van der Waals surface area contributed by atoms with Gasteiger partial charge < -0.3 is 10.1 Å². The number of esters is 1. The van der Waals surface area contributed by atoms with Gasteiger partial charge in [-0.2, -0.15) is 0 Å². The van der Waals surface area contributed by atoms with Gasteiger partial charge in [0.1, 0.15) is 0 Å². The van der Waals surface area contributed by atoms with Crippen LogP contribution in [0.1, 0.15) is 0 Å². The molecule has 0 saturated heterocycles. The Kier molecular flexibility index (Phi) is 5.78. The number of nitrogens with one attached hydrogen (secondary N) is 1. The van der Waals surface area contributed by atoms with Crippen LogP contribution in [0.25, 0.3) is 0 Å². The van der Waals surface area contributed by atoms with E-state index in [1.165, 1.54) is 7.11 Å². The number of nitrogens with zero attached hydrogens (tertiary/aromatic N) is 1. The van der Waals surface area contributed by atoms with Crippen LogP contribution in [0.15, 0.2) is 0 Å². The molecule has 4 nitrogen and oxygen atoms in total. The molecule has 0 aliphatic rings. The fraction of sp³-hybridized carbons (Fsp3) is 0.857. The molecular formula is C7H16N2O2. The van der Waals surface area contributed by atoms with Crippen molar-refractivity contribution in [1.82, 2.24) is 10.2 Å². The molecule has 0 aromatic heterocycles. The smallest absolute Gasteiger partial charge is 0.319 e. The highest BCUT2D eigenvalue weighted by Gasteiger charge is 2.03. The number of likely N-dealkylation sites (N-methyl/N-ethyl adjacent to an activating group) is 2. The maximum atomic E-state index is 10.7. The lowest BCUT2D eigenvalue weighted by molar-refractivity contribution is -0.141. The predicted octanol–water partition coefficient (Wildman–Crippen LogP) is -0.689. The first-order valence-electron chi connectivity index (χ1n) is 3.60. The van der Waals surface area contributed by atoms with Crippen molar-refractivity contribution < 1.29 is 9.53 Å². The van der Waals surface area contributed by atoms with Crippen molar-refractivity contribution in [2.75, 3.05) is 40.8 Å².